The number of aromatic nitrogens is 3. The summed E-state index contributed by atoms with van der Waals surface area (Å²) in [6, 6.07) is 6.54. The fourth-order valence-electron chi connectivity index (χ4n) is 4.18. The molecule has 0 bridgehead atoms. The van der Waals surface area contributed by atoms with Gasteiger partial charge in [0.15, 0.2) is 5.69 Å². The largest absolute Gasteiger partial charge is 0.350 e. The molecular weight excluding hydrogens is 319 g/mol. The van der Waals surface area contributed by atoms with E-state index in [0.29, 0.717) is 16.9 Å². The molecule has 1 amide bonds. The van der Waals surface area contributed by atoms with Gasteiger partial charge in [-0.15, -0.1) is 5.10 Å². The quantitative estimate of drug-likeness (QED) is 0.908. The van der Waals surface area contributed by atoms with Crippen LogP contribution in [0.4, 0.5) is 4.39 Å². The van der Waals surface area contributed by atoms with Crippen LogP contribution in [-0.2, 0) is 6.54 Å². The van der Waals surface area contributed by atoms with Gasteiger partial charge in [-0.05, 0) is 36.7 Å². The Morgan fingerprint density at radius 1 is 1.28 bits per heavy atom. The van der Waals surface area contributed by atoms with E-state index in [1.54, 1.807) is 24.4 Å². The second-order valence-corrected chi connectivity index (χ2v) is 7.43. The maximum Gasteiger partial charge on any atom is 0.273 e. The molecule has 5 nitrogen and oxygen atoms in total. The van der Waals surface area contributed by atoms with E-state index in [9.17, 15) is 9.18 Å². The van der Waals surface area contributed by atoms with Crippen LogP contribution in [0.15, 0.2) is 30.5 Å². The molecular formula is C19H23FN4O. The Morgan fingerprint density at radius 2 is 2.08 bits per heavy atom. The van der Waals surface area contributed by atoms with Crippen molar-refractivity contribution < 1.29 is 9.18 Å². The number of rotatable bonds is 5. The highest BCUT2D eigenvalue weighted by molar-refractivity contribution is 5.91. The second-order valence-electron chi connectivity index (χ2n) is 7.43. The Kier molecular flexibility index (Phi) is 4.27. The number of nitrogens with one attached hydrogen (secondary N) is 1. The van der Waals surface area contributed by atoms with E-state index in [0.717, 1.165) is 6.54 Å². The first-order valence-electron chi connectivity index (χ1n) is 9.08. The Hall–Kier alpha value is -2.24. The first-order valence-corrected chi connectivity index (χ1v) is 9.08. The van der Waals surface area contributed by atoms with Crippen LogP contribution in [0.5, 0.6) is 0 Å². The first kappa shape index (κ1) is 16.2. The molecule has 132 valence electrons. The van der Waals surface area contributed by atoms with Crippen molar-refractivity contribution in [1.82, 2.24) is 20.3 Å². The molecule has 0 radical (unpaired) electrons. The van der Waals surface area contributed by atoms with Gasteiger partial charge in [0.05, 0.1) is 12.7 Å². The van der Waals surface area contributed by atoms with Crippen LogP contribution in [0.25, 0.3) is 0 Å². The van der Waals surface area contributed by atoms with Crippen molar-refractivity contribution in [2.45, 2.75) is 45.1 Å². The normalized spacial score (nSPS) is 21.2. The van der Waals surface area contributed by atoms with Gasteiger partial charge in [0, 0.05) is 12.1 Å². The third kappa shape index (κ3) is 3.43. The molecule has 1 N–H and O–H groups in total. The summed E-state index contributed by atoms with van der Waals surface area (Å²) in [4.78, 5) is 12.3. The smallest absolute Gasteiger partial charge is 0.273 e. The van der Waals surface area contributed by atoms with E-state index < -0.39 is 0 Å². The van der Waals surface area contributed by atoms with Gasteiger partial charge >= 0.3 is 0 Å². The SMILES string of the molecule is O=C(NC[C@H]1CC12CCCCC2)c1cn(Cc2ccccc2F)nn1. The van der Waals surface area contributed by atoms with Crippen molar-refractivity contribution in [1.29, 1.82) is 0 Å². The first-order chi connectivity index (χ1) is 12.2. The monoisotopic (exact) mass is 342 g/mol. The van der Waals surface area contributed by atoms with Gasteiger partial charge in [-0.2, -0.15) is 0 Å². The van der Waals surface area contributed by atoms with E-state index in [1.807, 2.05) is 0 Å². The molecule has 1 atom stereocenters. The van der Waals surface area contributed by atoms with Crippen LogP contribution >= 0.6 is 0 Å². The van der Waals surface area contributed by atoms with Crippen molar-refractivity contribution in [2.24, 2.45) is 11.3 Å². The molecule has 1 spiro atoms. The van der Waals surface area contributed by atoms with Crippen LogP contribution in [0, 0.1) is 17.2 Å². The van der Waals surface area contributed by atoms with Crippen LogP contribution in [0.2, 0.25) is 0 Å². The minimum atomic E-state index is -0.282. The molecule has 2 aromatic rings. The Bertz CT molecular complexity index is 766. The molecule has 25 heavy (non-hydrogen) atoms. The molecule has 0 aliphatic heterocycles. The summed E-state index contributed by atoms with van der Waals surface area (Å²) in [5.41, 5.74) is 1.32. The van der Waals surface area contributed by atoms with Crippen LogP contribution < -0.4 is 5.32 Å². The molecule has 0 saturated heterocycles. The van der Waals surface area contributed by atoms with Gasteiger partial charge in [0.25, 0.3) is 5.91 Å². The average molecular weight is 342 g/mol. The molecule has 1 aromatic heterocycles. The van der Waals surface area contributed by atoms with Crippen molar-refractivity contribution in [3.8, 4) is 0 Å². The van der Waals surface area contributed by atoms with E-state index in [1.165, 1.54) is 49.3 Å². The lowest BCUT2D eigenvalue weighted by molar-refractivity contribution is 0.0944. The number of amides is 1. The number of carbonyl (C=O) groups excluding carboxylic acids is 1. The summed E-state index contributed by atoms with van der Waals surface area (Å²) < 4.78 is 15.2. The third-order valence-electron chi connectivity index (χ3n) is 5.78. The zero-order valence-electron chi connectivity index (χ0n) is 14.2. The van der Waals surface area contributed by atoms with Crippen LogP contribution in [0.1, 0.15) is 54.6 Å². The van der Waals surface area contributed by atoms with Crippen LogP contribution in [-0.4, -0.2) is 27.4 Å². The van der Waals surface area contributed by atoms with Crippen molar-refractivity contribution in [3.05, 3.63) is 47.5 Å². The maximum atomic E-state index is 13.7. The standard InChI is InChI=1S/C19H23FN4O/c20-16-7-3-2-6-14(16)12-24-13-17(22-23-24)18(25)21-11-15-10-19(15)8-4-1-5-9-19/h2-3,6-7,13,15H,1,4-5,8-12H2,(H,21,25)/t15-/m1/s1. The lowest BCUT2D eigenvalue weighted by Crippen LogP contribution is -2.28. The predicted octanol–water partition coefficient (Wildman–Crippen LogP) is 3.17. The summed E-state index contributed by atoms with van der Waals surface area (Å²) in [6.07, 6.45) is 9.45. The topological polar surface area (TPSA) is 59.8 Å². The molecule has 2 aliphatic rings. The van der Waals surface area contributed by atoms with E-state index in [2.05, 4.69) is 15.6 Å². The molecule has 2 aliphatic carbocycles. The molecule has 4 rings (SSSR count). The van der Waals surface area contributed by atoms with Gasteiger partial charge in [-0.25, -0.2) is 9.07 Å². The van der Waals surface area contributed by atoms with Crippen LogP contribution in [0.3, 0.4) is 0 Å². The van der Waals surface area contributed by atoms with E-state index in [-0.39, 0.29) is 24.0 Å². The summed E-state index contributed by atoms with van der Waals surface area (Å²) >= 11 is 0. The summed E-state index contributed by atoms with van der Waals surface area (Å²) in [5, 5.41) is 10.9. The zero-order chi connectivity index (χ0) is 17.3. The molecule has 1 heterocycles. The Labute approximate surface area is 146 Å². The predicted molar refractivity (Wildman–Crippen MR) is 91.5 cm³/mol. The average Bonchev–Trinajstić information content (AvgIpc) is 3.06. The molecule has 0 unspecified atom stereocenters. The molecule has 2 fully saturated rings. The van der Waals surface area contributed by atoms with E-state index >= 15 is 0 Å². The van der Waals surface area contributed by atoms with Crippen molar-refractivity contribution in [2.75, 3.05) is 6.54 Å². The number of hydrogen-bond donors (Lipinski definition) is 1. The number of carbonyl (C=O) groups is 1. The molecule has 2 saturated carbocycles. The lowest BCUT2D eigenvalue weighted by Gasteiger charge is -2.22. The highest BCUT2D eigenvalue weighted by Gasteiger charge is 2.53. The number of benzene rings is 1. The highest BCUT2D eigenvalue weighted by Crippen LogP contribution is 2.60. The lowest BCUT2D eigenvalue weighted by atomic mass is 9.84. The summed E-state index contributed by atoms with van der Waals surface area (Å²) in [6.45, 7) is 0.984. The molecule has 1 aromatic carbocycles. The maximum absolute atomic E-state index is 13.7. The highest BCUT2D eigenvalue weighted by atomic mass is 19.1. The number of halogens is 1. The fourth-order valence-corrected chi connectivity index (χ4v) is 4.18. The van der Waals surface area contributed by atoms with Gasteiger partial charge < -0.3 is 5.32 Å². The minimum absolute atomic E-state index is 0.197. The van der Waals surface area contributed by atoms with E-state index in [4.69, 9.17) is 0 Å². The van der Waals surface area contributed by atoms with Gasteiger partial charge in [-0.1, -0.05) is 42.7 Å². The van der Waals surface area contributed by atoms with Gasteiger partial charge in [0.1, 0.15) is 5.82 Å². The zero-order valence-corrected chi connectivity index (χ0v) is 14.2. The van der Waals surface area contributed by atoms with Crippen molar-refractivity contribution >= 4 is 5.91 Å². The third-order valence-corrected chi connectivity index (χ3v) is 5.78. The fraction of sp³-hybridized carbons (Fsp3) is 0.526. The number of nitrogens with zero attached hydrogens (tertiary/aromatic N) is 3. The summed E-state index contributed by atoms with van der Waals surface area (Å²) in [5.74, 6) is 0.137. The van der Waals surface area contributed by atoms with Gasteiger partial charge in [0.2, 0.25) is 0 Å². The second kappa shape index (κ2) is 6.58. The van der Waals surface area contributed by atoms with Crippen molar-refractivity contribution in [3.63, 3.8) is 0 Å². The number of hydrogen-bond acceptors (Lipinski definition) is 3. The molecule has 6 heteroatoms. The Morgan fingerprint density at radius 3 is 2.88 bits per heavy atom. The summed E-state index contributed by atoms with van der Waals surface area (Å²) in [7, 11) is 0. The Balaban J connectivity index is 1.31. The minimum Gasteiger partial charge on any atom is -0.350 e. The van der Waals surface area contributed by atoms with Gasteiger partial charge in [-0.3, -0.25) is 4.79 Å².